The fourth-order valence-electron chi connectivity index (χ4n) is 3.18. The van der Waals surface area contributed by atoms with Crippen LogP contribution < -0.4 is 9.47 Å². The van der Waals surface area contributed by atoms with Gasteiger partial charge in [-0.2, -0.15) is 0 Å². The van der Waals surface area contributed by atoms with Crippen molar-refractivity contribution in [2.75, 3.05) is 20.3 Å². The van der Waals surface area contributed by atoms with E-state index in [0.29, 0.717) is 30.4 Å². The van der Waals surface area contributed by atoms with Crippen LogP contribution in [0.4, 0.5) is 4.39 Å². The maximum Gasteiger partial charge on any atom is 0.123 e. The average Bonchev–Trinajstić information content (AvgIpc) is 2.75. The third-order valence-corrected chi connectivity index (χ3v) is 4.88. The van der Waals surface area contributed by atoms with E-state index in [9.17, 15) is 9.50 Å². The minimum Gasteiger partial charge on any atom is -0.496 e. The van der Waals surface area contributed by atoms with Gasteiger partial charge in [0.15, 0.2) is 0 Å². The van der Waals surface area contributed by atoms with Gasteiger partial charge in [-0.1, -0.05) is 41.9 Å². The predicted octanol–water partition coefficient (Wildman–Crippen LogP) is 4.93. The molecule has 0 saturated carbocycles. The van der Waals surface area contributed by atoms with Gasteiger partial charge in [-0.25, -0.2) is 4.39 Å². The molecule has 0 radical (unpaired) electrons. The Hall–Kier alpha value is -2.60. The molecular weight excluding hydrogens is 405 g/mol. The number of para-hydroxylation sites is 1. The number of methoxy groups -OCH3 is 1. The molecular formula is C24H25ClFNO3. The molecule has 0 heterocycles. The summed E-state index contributed by atoms with van der Waals surface area (Å²) in [6.07, 6.45) is -0.712. The van der Waals surface area contributed by atoms with Crippen molar-refractivity contribution in [2.24, 2.45) is 0 Å². The van der Waals surface area contributed by atoms with Crippen LogP contribution in [-0.4, -0.2) is 36.4 Å². The van der Waals surface area contributed by atoms with Crippen LogP contribution >= 0.6 is 11.6 Å². The molecule has 4 nitrogen and oxygen atoms in total. The first-order valence-electron chi connectivity index (χ1n) is 9.68. The van der Waals surface area contributed by atoms with Crippen LogP contribution in [-0.2, 0) is 13.1 Å². The molecule has 0 aliphatic heterocycles. The van der Waals surface area contributed by atoms with Crippen LogP contribution in [0.2, 0.25) is 5.02 Å². The number of hydrogen-bond acceptors (Lipinski definition) is 4. The zero-order valence-corrected chi connectivity index (χ0v) is 17.6. The van der Waals surface area contributed by atoms with Gasteiger partial charge in [0.2, 0.25) is 0 Å². The van der Waals surface area contributed by atoms with E-state index < -0.39 is 6.10 Å². The lowest BCUT2D eigenvalue weighted by Gasteiger charge is -2.26. The third kappa shape index (κ3) is 6.73. The van der Waals surface area contributed by atoms with Gasteiger partial charge in [-0.3, -0.25) is 4.90 Å². The van der Waals surface area contributed by atoms with E-state index in [-0.39, 0.29) is 12.4 Å². The minimum absolute atomic E-state index is 0.146. The van der Waals surface area contributed by atoms with E-state index in [1.54, 1.807) is 43.5 Å². The topological polar surface area (TPSA) is 41.9 Å². The Kier molecular flexibility index (Phi) is 8.08. The molecule has 30 heavy (non-hydrogen) atoms. The number of hydrogen-bond donors (Lipinski definition) is 1. The van der Waals surface area contributed by atoms with Gasteiger partial charge in [0.25, 0.3) is 0 Å². The molecule has 3 aromatic carbocycles. The quantitative estimate of drug-likeness (QED) is 0.496. The first-order chi connectivity index (χ1) is 14.5. The fourth-order valence-corrected chi connectivity index (χ4v) is 3.31. The highest BCUT2D eigenvalue weighted by Gasteiger charge is 2.16. The van der Waals surface area contributed by atoms with Gasteiger partial charge in [-0.15, -0.1) is 0 Å². The Balaban J connectivity index is 1.67. The van der Waals surface area contributed by atoms with E-state index in [2.05, 4.69) is 4.90 Å². The van der Waals surface area contributed by atoms with Gasteiger partial charge in [0, 0.05) is 30.2 Å². The normalized spacial score (nSPS) is 12.0. The van der Waals surface area contributed by atoms with Crippen LogP contribution in [0.15, 0.2) is 72.8 Å². The first-order valence-corrected chi connectivity index (χ1v) is 10.1. The van der Waals surface area contributed by atoms with Gasteiger partial charge in [-0.05, 0) is 48.0 Å². The monoisotopic (exact) mass is 429 g/mol. The highest BCUT2D eigenvalue weighted by molar-refractivity contribution is 6.30. The molecule has 3 aromatic rings. The van der Waals surface area contributed by atoms with E-state index in [4.69, 9.17) is 21.1 Å². The molecule has 6 heteroatoms. The molecule has 0 bridgehead atoms. The number of aliphatic hydroxyl groups is 1. The number of halogens is 2. The Morgan fingerprint density at radius 3 is 2.37 bits per heavy atom. The zero-order valence-electron chi connectivity index (χ0n) is 16.8. The van der Waals surface area contributed by atoms with Crippen molar-refractivity contribution in [2.45, 2.75) is 19.2 Å². The molecule has 0 unspecified atom stereocenters. The lowest BCUT2D eigenvalue weighted by atomic mass is 10.1. The van der Waals surface area contributed by atoms with E-state index >= 15 is 0 Å². The Bertz CT molecular complexity index is 918. The van der Waals surface area contributed by atoms with E-state index in [0.717, 1.165) is 16.9 Å². The van der Waals surface area contributed by atoms with Crippen molar-refractivity contribution in [1.82, 2.24) is 4.90 Å². The summed E-state index contributed by atoms with van der Waals surface area (Å²) in [5.41, 5.74) is 1.96. The summed E-state index contributed by atoms with van der Waals surface area (Å²) >= 11 is 5.89. The molecule has 0 aliphatic carbocycles. The minimum atomic E-state index is -0.712. The molecule has 0 spiro atoms. The molecule has 0 amide bonds. The molecule has 1 atom stereocenters. The highest BCUT2D eigenvalue weighted by Crippen LogP contribution is 2.21. The zero-order chi connectivity index (χ0) is 21.3. The lowest BCUT2D eigenvalue weighted by molar-refractivity contribution is 0.0626. The average molecular weight is 430 g/mol. The second-order valence-corrected chi connectivity index (χ2v) is 7.46. The summed E-state index contributed by atoms with van der Waals surface area (Å²) in [6.45, 7) is 1.65. The first kappa shape index (κ1) is 22.1. The van der Waals surface area contributed by atoms with E-state index in [1.807, 2.05) is 24.3 Å². The number of benzene rings is 3. The number of ether oxygens (including phenoxy) is 2. The van der Waals surface area contributed by atoms with Crippen LogP contribution in [0.25, 0.3) is 0 Å². The standard InChI is InChI=1S/C24H25ClFNO3/c1-29-24-5-3-2-4-19(24)15-27(14-18-6-10-21(26)11-7-18)16-22(28)17-30-23-12-8-20(25)9-13-23/h2-13,22,28H,14-17H2,1H3/t22-/m1/s1. The molecule has 158 valence electrons. The van der Waals surface area contributed by atoms with Crippen LogP contribution in [0.1, 0.15) is 11.1 Å². The molecule has 0 aromatic heterocycles. The van der Waals surface area contributed by atoms with Crippen molar-refractivity contribution >= 4 is 11.6 Å². The number of nitrogens with zero attached hydrogens (tertiary/aromatic N) is 1. The summed E-state index contributed by atoms with van der Waals surface area (Å²) in [5, 5.41) is 11.2. The highest BCUT2D eigenvalue weighted by atomic mass is 35.5. The number of rotatable bonds is 10. The van der Waals surface area contributed by atoms with Crippen molar-refractivity contribution < 1.29 is 19.0 Å². The van der Waals surface area contributed by atoms with Gasteiger partial charge < -0.3 is 14.6 Å². The van der Waals surface area contributed by atoms with Crippen molar-refractivity contribution in [3.05, 3.63) is 94.8 Å². The second-order valence-electron chi connectivity index (χ2n) is 7.03. The van der Waals surface area contributed by atoms with Crippen LogP contribution in [0.5, 0.6) is 11.5 Å². The van der Waals surface area contributed by atoms with Crippen molar-refractivity contribution in [3.8, 4) is 11.5 Å². The molecule has 0 aliphatic rings. The molecule has 0 fully saturated rings. The summed E-state index contributed by atoms with van der Waals surface area (Å²) in [6, 6.07) is 21.2. The number of aliphatic hydroxyl groups excluding tert-OH is 1. The summed E-state index contributed by atoms with van der Waals surface area (Å²) in [4.78, 5) is 2.08. The molecule has 0 saturated heterocycles. The Morgan fingerprint density at radius 2 is 1.67 bits per heavy atom. The molecule has 3 rings (SSSR count). The summed E-state index contributed by atoms with van der Waals surface area (Å²) in [5.74, 6) is 1.16. The third-order valence-electron chi connectivity index (χ3n) is 4.63. The maximum atomic E-state index is 13.3. The summed E-state index contributed by atoms with van der Waals surface area (Å²) in [7, 11) is 1.64. The van der Waals surface area contributed by atoms with Gasteiger partial charge in [0.05, 0.1) is 7.11 Å². The van der Waals surface area contributed by atoms with Gasteiger partial charge >= 0.3 is 0 Å². The Morgan fingerprint density at radius 1 is 0.967 bits per heavy atom. The van der Waals surface area contributed by atoms with Crippen molar-refractivity contribution in [3.63, 3.8) is 0 Å². The smallest absolute Gasteiger partial charge is 0.123 e. The lowest BCUT2D eigenvalue weighted by Crippen LogP contribution is -2.35. The SMILES string of the molecule is COc1ccccc1CN(Cc1ccc(F)cc1)C[C@@H](O)COc1ccc(Cl)cc1. The second kappa shape index (κ2) is 11.0. The Labute approximate surface area is 181 Å². The van der Waals surface area contributed by atoms with Crippen LogP contribution in [0, 0.1) is 5.82 Å². The molecule has 1 N–H and O–H groups in total. The van der Waals surface area contributed by atoms with Crippen molar-refractivity contribution in [1.29, 1.82) is 0 Å². The van der Waals surface area contributed by atoms with Crippen LogP contribution in [0.3, 0.4) is 0 Å². The van der Waals surface area contributed by atoms with E-state index in [1.165, 1.54) is 12.1 Å². The van der Waals surface area contributed by atoms with Gasteiger partial charge in [0.1, 0.15) is 30.0 Å². The predicted molar refractivity (Wildman–Crippen MR) is 116 cm³/mol. The fraction of sp³-hybridized carbons (Fsp3) is 0.250. The maximum absolute atomic E-state index is 13.3. The largest absolute Gasteiger partial charge is 0.496 e. The summed E-state index contributed by atoms with van der Waals surface area (Å²) < 4.78 is 24.4.